The molecule has 3 N–H and O–H groups in total. The summed E-state index contributed by atoms with van der Waals surface area (Å²) in [5.74, 6) is -0.646. The Hall–Kier alpha value is -4.11. The molecule has 1 aliphatic heterocycles. The number of aromatic amines is 1. The number of hydrogen-bond donors (Lipinski definition) is 3. The molecule has 3 aromatic carbocycles. The molecule has 0 spiro atoms. The molecular formula is C34H35BrN4O4. The lowest BCUT2D eigenvalue weighted by Crippen LogP contribution is -2.54. The second-order valence-electron chi connectivity index (χ2n) is 12.4. The van der Waals surface area contributed by atoms with Gasteiger partial charge in [-0.1, -0.05) is 52.3 Å². The van der Waals surface area contributed by atoms with E-state index in [1.54, 1.807) is 49.9 Å². The van der Waals surface area contributed by atoms with Crippen LogP contribution < -0.4 is 5.32 Å². The average Bonchev–Trinajstić information content (AvgIpc) is 3.60. The van der Waals surface area contributed by atoms with Crippen molar-refractivity contribution in [2.45, 2.75) is 64.1 Å². The van der Waals surface area contributed by atoms with E-state index in [4.69, 9.17) is 0 Å². The summed E-state index contributed by atoms with van der Waals surface area (Å²) in [7, 11) is 0. The van der Waals surface area contributed by atoms with Crippen LogP contribution in [0.25, 0.3) is 22.2 Å². The average molecular weight is 644 g/mol. The summed E-state index contributed by atoms with van der Waals surface area (Å²) in [5.41, 5.74) is 6.23. The number of hydrogen-bond acceptors (Lipinski definition) is 3. The predicted molar refractivity (Wildman–Crippen MR) is 171 cm³/mol. The number of H-pyrrole nitrogens is 1. The fourth-order valence-corrected chi connectivity index (χ4v) is 6.96. The molecule has 222 valence electrons. The highest BCUT2D eigenvalue weighted by Crippen LogP contribution is 2.39. The van der Waals surface area contributed by atoms with Crippen molar-refractivity contribution in [1.29, 1.82) is 0 Å². The number of carbonyl (C=O) groups excluding carboxylic acids is 2. The molecule has 9 heteroatoms. The smallest absolute Gasteiger partial charge is 0.408 e. The first-order valence-electron chi connectivity index (χ1n) is 14.6. The molecule has 8 nitrogen and oxygen atoms in total. The Morgan fingerprint density at radius 3 is 2.53 bits per heavy atom. The Kier molecular flexibility index (Phi) is 7.54. The van der Waals surface area contributed by atoms with Gasteiger partial charge in [-0.15, -0.1) is 0 Å². The van der Waals surface area contributed by atoms with E-state index in [1.165, 1.54) is 15.8 Å². The first-order valence-corrected chi connectivity index (χ1v) is 15.4. The lowest BCUT2D eigenvalue weighted by Gasteiger charge is -2.41. The van der Waals surface area contributed by atoms with E-state index in [1.807, 2.05) is 30.3 Å². The highest BCUT2D eigenvalue weighted by Gasteiger charge is 2.44. The zero-order valence-electron chi connectivity index (χ0n) is 24.5. The highest BCUT2D eigenvalue weighted by atomic mass is 79.9. The SMILES string of the molecule is CC(C)(C)N(C(=O)O)[C@H](C(=O)N1CCC[C@H]1C(=O)Nc1ccc2c(c1)CCc1c-2[nH]c2ccc(Br)cc12)c1ccccc1. The molecule has 43 heavy (non-hydrogen) atoms. The number of carboxylic acid groups (broad SMARTS) is 1. The third-order valence-electron chi connectivity index (χ3n) is 8.53. The maximum Gasteiger partial charge on any atom is 0.408 e. The zero-order valence-corrected chi connectivity index (χ0v) is 26.1. The number of nitrogens with zero attached hydrogens (tertiary/aromatic N) is 2. The van der Waals surface area contributed by atoms with Gasteiger partial charge < -0.3 is 20.3 Å². The van der Waals surface area contributed by atoms with Crippen LogP contribution >= 0.6 is 15.9 Å². The van der Waals surface area contributed by atoms with Crippen molar-refractivity contribution < 1.29 is 19.5 Å². The lowest BCUT2D eigenvalue weighted by atomic mass is 9.88. The van der Waals surface area contributed by atoms with Gasteiger partial charge in [-0.3, -0.25) is 14.5 Å². The molecule has 0 unspecified atom stereocenters. The molecular weight excluding hydrogens is 608 g/mol. The van der Waals surface area contributed by atoms with Crippen molar-refractivity contribution in [1.82, 2.24) is 14.8 Å². The van der Waals surface area contributed by atoms with Crippen LogP contribution in [0.2, 0.25) is 0 Å². The summed E-state index contributed by atoms with van der Waals surface area (Å²) in [6, 6.07) is 19.4. The van der Waals surface area contributed by atoms with Crippen molar-refractivity contribution >= 4 is 50.4 Å². The molecule has 2 atom stereocenters. The molecule has 6 rings (SSSR count). The highest BCUT2D eigenvalue weighted by molar-refractivity contribution is 9.10. The fourth-order valence-electron chi connectivity index (χ4n) is 6.60. The van der Waals surface area contributed by atoms with Crippen LogP contribution in [-0.4, -0.2) is 55.9 Å². The predicted octanol–water partition coefficient (Wildman–Crippen LogP) is 7.15. The van der Waals surface area contributed by atoms with Gasteiger partial charge in [0.2, 0.25) is 5.91 Å². The van der Waals surface area contributed by atoms with E-state index in [2.05, 4.69) is 38.4 Å². The van der Waals surface area contributed by atoms with E-state index in [-0.39, 0.29) is 11.8 Å². The standard InChI is InChI=1S/C34H35BrN4O4/c1-34(2,3)39(33(42)43)30(20-8-5-4-6-9-20)32(41)38-17-7-10-28(38)31(40)36-23-13-15-24-21(18-23)11-14-25-26-19-22(35)12-16-27(26)37-29(24)25/h4-6,8-9,12-13,15-16,18-19,28,30,37H,7,10-11,14,17H2,1-3H3,(H,36,40)(H,42,43)/t28-,30-/m0/s1. The van der Waals surface area contributed by atoms with Crippen LogP contribution in [0.3, 0.4) is 0 Å². The topological polar surface area (TPSA) is 106 Å². The summed E-state index contributed by atoms with van der Waals surface area (Å²) >= 11 is 3.58. The molecule has 1 fully saturated rings. The number of halogens is 1. The van der Waals surface area contributed by atoms with Crippen LogP contribution in [-0.2, 0) is 22.4 Å². The molecule has 2 heterocycles. The largest absolute Gasteiger partial charge is 0.465 e. The first-order chi connectivity index (χ1) is 20.5. The number of benzene rings is 3. The van der Waals surface area contributed by atoms with E-state index >= 15 is 0 Å². The number of fused-ring (bicyclic) bond motifs is 5. The van der Waals surface area contributed by atoms with Gasteiger partial charge in [0.1, 0.15) is 12.1 Å². The van der Waals surface area contributed by atoms with Crippen molar-refractivity contribution in [2.24, 2.45) is 0 Å². The van der Waals surface area contributed by atoms with Gasteiger partial charge in [-0.2, -0.15) is 0 Å². The van der Waals surface area contributed by atoms with Gasteiger partial charge in [0.25, 0.3) is 5.91 Å². The Bertz CT molecular complexity index is 1730. The van der Waals surface area contributed by atoms with E-state index in [0.717, 1.165) is 39.7 Å². The summed E-state index contributed by atoms with van der Waals surface area (Å²) in [5, 5.41) is 14.5. The minimum absolute atomic E-state index is 0.262. The third-order valence-corrected chi connectivity index (χ3v) is 9.02. The lowest BCUT2D eigenvalue weighted by molar-refractivity contribution is -0.142. The van der Waals surface area contributed by atoms with E-state index in [9.17, 15) is 19.5 Å². The maximum atomic E-state index is 14.1. The Labute approximate surface area is 259 Å². The van der Waals surface area contributed by atoms with Crippen molar-refractivity contribution in [2.75, 3.05) is 11.9 Å². The van der Waals surface area contributed by atoms with Crippen LogP contribution in [0, 0.1) is 0 Å². The second-order valence-corrected chi connectivity index (χ2v) is 13.3. The summed E-state index contributed by atoms with van der Waals surface area (Å²) < 4.78 is 1.05. The second kappa shape index (κ2) is 11.2. The van der Waals surface area contributed by atoms with E-state index in [0.29, 0.717) is 30.6 Å². The zero-order chi connectivity index (χ0) is 30.5. The third kappa shape index (κ3) is 5.42. The van der Waals surface area contributed by atoms with Gasteiger partial charge in [-0.25, -0.2) is 4.79 Å². The number of nitrogens with one attached hydrogen (secondary N) is 2. The molecule has 0 radical (unpaired) electrons. The fraction of sp³-hybridized carbons (Fsp3) is 0.324. The van der Waals surface area contributed by atoms with Gasteiger partial charge in [0, 0.05) is 44.4 Å². The summed E-state index contributed by atoms with van der Waals surface area (Å²) in [6.07, 6.45) is 1.75. The summed E-state index contributed by atoms with van der Waals surface area (Å²) in [4.78, 5) is 46.6. The Morgan fingerprint density at radius 2 is 1.81 bits per heavy atom. The van der Waals surface area contributed by atoms with Gasteiger partial charge >= 0.3 is 6.09 Å². The molecule has 1 saturated heterocycles. The van der Waals surface area contributed by atoms with Crippen molar-refractivity contribution in [3.05, 3.63) is 87.9 Å². The minimum atomic E-state index is -1.19. The normalized spacial score (nSPS) is 16.8. The quantitative estimate of drug-likeness (QED) is 0.215. The van der Waals surface area contributed by atoms with Crippen LogP contribution in [0.5, 0.6) is 0 Å². The van der Waals surface area contributed by atoms with Crippen LogP contribution in [0.1, 0.15) is 56.3 Å². The van der Waals surface area contributed by atoms with Gasteiger partial charge in [-0.05, 0) is 93.5 Å². The molecule has 2 aliphatic rings. The number of rotatable bonds is 5. The number of amides is 3. The number of carbonyl (C=O) groups is 3. The van der Waals surface area contributed by atoms with Gasteiger partial charge in [0.15, 0.2) is 0 Å². The summed E-state index contributed by atoms with van der Waals surface area (Å²) in [6.45, 7) is 5.70. The monoisotopic (exact) mass is 642 g/mol. The maximum absolute atomic E-state index is 14.1. The van der Waals surface area contributed by atoms with Crippen molar-refractivity contribution in [3.63, 3.8) is 0 Å². The molecule has 3 amide bonds. The van der Waals surface area contributed by atoms with E-state index < -0.39 is 23.7 Å². The van der Waals surface area contributed by atoms with Crippen molar-refractivity contribution in [3.8, 4) is 11.3 Å². The first kappa shape index (κ1) is 29.0. The molecule has 1 aliphatic carbocycles. The van der Waals surface area contributed by atoms with Gasteiger partial charge in [0.05, 0.1) is 0 Å². The van der Waals surface area contributed by atoms with Crippen LogP contribution in [0.15, 0.2) is 71.2 Å². The number of aromatic nitrogens is 1. The molecule has 0 saturated carbocycles. The molecule has 4 aromatic rings. The molecule has 1 aromatic heterocycles. The number of aryl methyl sites for hydroxylation is 2. The Morgan fingerprint density at radius 1 is 1.05 bits per heavy atom. The van der Waals surface area contributed by atoms with Crippen LogP contribution in [0.4, 0.5) is 10.5 Å². The minimum Gasteiger partial charge on any atom is -0.465 e. The Balaban J connectivity index is 1.25. The number of likely N-dealkylation sites (tertiary alicyclic amines) is 1. The number of anilines is 1. The molecule has 0 bridgehead atoms.